The molecule has 1 aliphatic rings. The third-order valence-corrected chi connectivity index (χ3v) is 1.45. The zero-order valence-electron chi connectivity index (χ0n) is 4.91. The summed E-state index contributed by atoms with van der Waals surface area (Å²) >= 11 is 0. The molecule has 0 spiro atoms. The maximum Gasteiger partial charge on any atom is 0.0236 e. The maximum atomic E-state index is 6.78. The van der Waals surface area contributed by atoms with Crippen molar-refractivity contribution in [3.8, 4) is 0 Å². The molecular formula is C6H11N2. The summed E-state index contributed by atoms with van der Waals surface area (Å²) in [5.74, 6) is 6.78. The van der Waals surface area contributed by atoms with Crippen LogP contribution in [0, 0.1) is 0 Å². The van der Waals surface area contributed by atoms with Crippen LogP contribution in [-0.2, 0) is 0 Å². The number of nitrogens with one attached hydrogen (secondary N) is 2. The van der Waals surface area contributed by atoms with Crippen molar-refractivity contribution in [1.82, 2.24) is 11.3 Å². The second kappa shape index (κ2) is 2.72. The molecule has 0 aromatic rings. The van der Waals surface area contributed by atoms with Crippen molar-refractivity contribution >= 4 is 0 Å². The van der Waals surface area contributed by atoms with E-state index in [4.69, 9.17) is 5.84 Å². The van der Waals surface area contributed by atoms with Crippen LogP contribution in [0.3, 0.4) is 0 Å². The maximum absolute atomic E-state index is 6.78. The van der Waals surface area contributed by atoms with Gasteiger partial charge in [0, 0.05) is 5.70 Å². The fourth-order valence-electron chi connectivity index (χ4n) is 0.952. The van der Waals surface area contributed by atoms with Gasteiger partial charge in [0.25, 0.3) is 0 Å². The first-order valence-electron chi connectivity index (χ1n) is 3.05. The molecule has 8 heavy (non-hydrogen) atoms. The van der Waals surface area contributed by atoms with E-state index in [-0.39, 0.29) is 0 Å². The third kappa shape index (κ3) is 1.23. The molecule has 2 nitrogen and oxygen atoms in total. The molecule has 0 aliphatic heterocycles. The van der Waals surface area contributed by atoms with Gasteiger partial charge in [-0.05, 0) is 25.7 Å². The van der Waals surface area contributed by atoms with Gasteiger partial charge < -0.3 is 5.43 Å². The first kappa shape index (κ1) is 5.63. The Balaban J connectivity index is 2.37. The van der Waals surface area contributed by atoms with Crippen LogP contribution < -0.4 is 11.3 Å². The van der Waals surface area contributed by atoms with Gasteiger partial charge in [-0.1, -0.05) is 6.08 Å². The molecule has 0 unspecified atom stereocenters. The van der Waals surface area contributed by atoms with Crippen LogP contribution in [0.5, 0.6) is 0 Å². The zero-order chi connectivity index (χ0) is 5.82. The second-order valence-electron chi connectivity index (χ2n) is 2.10. The molecule has 0 fully saturated rings. The third-order valence-electron chi connectivity index (χ3n) is 1.45. The van der Waals surface area contributed by atoms with Crippen molar-refractivity contribution in [3.05, 3.63) is 11.8 Å². The standard InChI is InChI=1S/C6H11N2/c7-8-6-4-2-1-3-5-6/h4,7-8H,1-3,5H2. The summed E-state index contributed by atoms with van der Waals surface area (Å²) in [4.78, 5) is 0. The lowest BCUT2D eigenvalue weighted by Gasteiger charge is -2.09. The van der Waals surface area contributed by atoms with Crippen LogP contribution in [0.1, 0.15) is 25.7 Å². The summed E-state index contributed by atoms with van der Waals surface area (Å²) in [6.07, 6.45) is 6.88. The van der Waals surface area contributed by atoms with Crippen molar-refractivity contribution in [1.29, 1.82) is 0 Å². The quantitative estimate of drug-likeness (QED) is 0.507. The van der Waals surface area contributed by atoms with Gasteiger partial charge in [0.1, 0.15) is 0 Å². The molecule has 0 heterocycles. The van der Waals surface area contributed by atoms with Gasteiger partial charge in [0.05, 0.1) is 0 Å². The molecule has 0 saturated carbocycles. The largest absolute Gasteiger partial charge is 0.311 e. The molecule has 0 amide bonds. The van der Waals surface area contributed by atoms with Crippen LogP contribution in [0.2, 0.25) is 0 Å². The topological polar surface area (TPSA) is 35.8 Å². The number of rotatable bonds is 1. The molecule has 0 saturated heterocycles. The Hall–Kier alpha value is -0.500. The van der Waals surface area contributed by atoms with Crippen LogP contribution in [0.25, 0.3) is 0 Å². The Labute approximate surface area is 49.7 Å². The molecule has 2 N–H and O–H groups in total. The highest BCUT2D eigenvalue weighted by molar-refractivity contribution is 5.00. The predicted molar refractivity (Wildman–Crippen MR) is 32.8 cm³/mol. The molecule has 1 radical (unpaired) electrons. The number of hydrogen-bond donors (Lipinski definition) is 1. The lowest BCUT2D eigenvalue weighted by Crippen LogP contribution is -2.11. The lowest BCUT2D eigenvalue weighted by molar-refractivity contribution is 0.644. The van der Waals surface area contributed by atoms with E-state index in [0.29, 0.717) is 0 Å². The minimum atomic E-state index is 1.07. The van der Waals surface area contributed by atoms with Gasteiger partial charge >= 0.3 is 0 Å². The zero-order valence-corrected chi connectivity index (χ0v) is 4.91. The highest BCUT2D eigenvalue weighted by Crippen LogP contribution is 2.13. The van der Waals surface area contributed by atoms with Crippen LogP contribution >= 0.6 is 0 Å². The number of hydrogen-bond acceptors (Lipinski definition) is 1. The van der Waals surface area contributed by atoms with E-state index in [0.717, 1.165) is 18.5 Å². The van der Waals surface area contributed by atoms with Crippen LogP contribution in [-0.4, -0.2) is 0 Å². The van der Waals surface area contributed by atoms with E-state index in [1.54, 1.807) is 0 Å². The van der Waals surface area contributed by atoms with E-state index in [1.165, 1.54) is 12.8 Å². The Bertz CT molecular complexity index is 96.7. The molecule has 0 aromatic heterocycles. The molecule has 1 aliphatic carbocycles. The normalized spacial score (nSPS) is 19.9. The molecule has 45 valence electrons. The highest BCUT2D eigenvalue weighted by Gasteiger charge is 1.99. The average Bonchev–Trinajstić information content (AvgIpc) is 1.90. The highest BCUT2D eigenvalue weighted by atomic mass is 15.2. The van der Waals surface area contributed by atoms with Crippen molar-refractivity contribution in [2.45, 2.75) is 25.7 Å². The predicted octanol–water partition coefficient (Wildman–Crippen LogP) is 1.23. The second-order valence-corrected chi connectivity index (χ2v) is 2.10. The van der Waals surface area contributed by atoms with Crippen molar-refractivity contribution in [3.63, 3.8) is 0 Å². The van der Waals surface area contributed by atoms with Crippen molar-refractivity contribution < 1.29 is 0 Å². The Morgan fingerprint density at radius 3 is 2.75 bits per heavy atom. The fourth-order valence-corrected chi connectivity index (χ4v) is 0.952. The SMILES string of the molecule is [NH]NC1=CCCCC1. The Morgan fingerprint density at radius 1 is 1.50 bits per heavy atom. The van der Waals surface area contributed by atoms with Gasteiger partial charge in [-0.25, -0.2) is 0 Å². The van der Waals surface area contributed by atoms with Gasteiger partial charge in [0.2, 0.25) is 0 Å². The molecule has 1 rings (SSSR count). The van der Waals surface area contributed by atoms with Gasteiger partial charge in [-0.2, -0.15) is 5.84 Å². The first-order valence-corrected chi connectivity index (χ1v) is 3.05. The van der Waals surface area contributed by atoms with Crippen LogP contribution in [0.4, 0.5) is 0 Å². The van der Waals surface area contributed by atoms with Crippen molar-refractivity contribution in [2.24, 2.45) is 0 Å². The Kier molecular flexibility index (Phi) is 1.92. The minimum Gasteiger partial charge on any atom is -0.311 e. The van der Waals surface area contributed by atoms with Crippen molar-refractivity contribution in [2.75, 3.05) is 0 Å². The summed E-state index contributed by atoms with van der Waals surface area (Å²) < 4.78 is 0. The van der Waals surface area contributed by atoms with E-state index < -0.39 is 0 Å². The summed E-state index contributed by atoms with van der Waals surface area (Å²) in [5.41, 5.74) is 3.51. The molecule has 0 aromatic carbocycles. The van der Waals surface area contributed by atoms with E-state index >= 15 is 0 Å². The molecule has 0 atom stereocenters. The van der Waals surface area contributed by atoms with E-state index in [1.807, 2.05) is 0 Å². The summed E-state index contributed by atoms with van der Waals surface area (Å²) in [6.45, 7) is 0. The van der Waals surface area contributed by atoms with E-state index in [2.05, 4.69) is 11.5 Å². The van der Waals surface area contributed by atoms with E-state index in [9.17, 15) is 0 Å². The number of allylic oxidation sites excluding steroid dienone is 2. The monoisotopic (exact) mass is 111 g/mol. The first-order chi connectivity index (χ1) is 3.93. The summed E-state index contributed by atoms with van der Waals surface area (Å²) in [6, 6.07) is 0. The minimum absolute atomic E-state index is 1.07. The van der Waals surface area contributed by atoms with Gasteiger partial charge in [-0.15, -0.1) is 0 Å². The fraction of sp³-hybridized carbons (Fsp3) is 0.667. The Morgan fingerprint density at radius 2 is 2.38 bits per heavy atom. The summed E-state index contributed by atoms with van der Waals surface area (Å²) in [7, 11) is 0. The molecular weight excluding hydrogens is 100 g/mol. The van der Waals surface area contributed by atoms with Crippen LogP contribution in [0.15, 0.2) is 11.8 Å². The summed E-state index contributed by atoms with van der Waals surface area (Å²) in [5, 5.41) is 0. The van der Waals surface area contributed by atoms with Gasteiger partial charge in [-0.3, -0.25) is 0 Å². The smallest absolute Gasteiger partial charge is 0.0236 e. The average molecular weight is 111 g/mol. The molecule has 2 heteroatoms. The van der Waals surface area contributed by atoms with Gasteiger partial charge in [0.15, 0.2) is 0 Å². The molecule has 0 bridgehead atoms. The lowest BCUT2D eigenvalue weighted by atomic mass is 10.1.